The Morgan fingerprint density at radius 2 is 2.17 bits per heavy atom. The summed E-state index contributed by atoms with van der Waals surface area (Å²) in [6.07, 6.45) is 1.17. The van der Waals surface area contributed by atoms with Crippen LogP contribution >= 0.6 is 0 Å². The van der Waals surface area contributed by atoms with Gasteiger partial charge in [0.1, 0.15) is 0 Å². The second-order valence-corrected chi connectivity index (χ2v) is 6.46. The number of amides is 1. The molecule has 1 unspecified atom stereocenters. The summed E-state index contributed by atoms with van der Waals surface area (Å²) in [6.45, 7) is 4.75. The Balaban J connectivity index is 1.83. The number of nitrogens with one attached hydrogen (secondary N) is 1. The van der Waals surface area contributed by atoms with Crippen molar-refractivity contribution in [1.82, 2.24) is 20.0 Å². The number of aromatic amines is 1. The number of pyridine rings is 1. The van der Waals surface area contributed by atoms with Gasteiger partial charge in [-0.05, 0) is 24.5 Å². The molecule has 3 rings (SSSR count). The summed E-state index contributed by atoms with van der Waals surface area (Å²) in [5.74, 6) is 1.09. The van der Waals surface area contributed by atoms with Gasteiger partial charge in [-0.1, -0.05) is 19.0 Å². The minimum absolute atomic E-state index is 0.0608. The van der Waals surface area contributed by atoms with Gasteiger partial charge in [-0.25, -0.2) is 0 Å². The zero-order valence-electron chi connectivity index (χ0n) is 13.5. The van der Waals surface area contributed by atoms with Crippen LogP contribution in [0.4, 0.5) is 0 Å². The third kappa shape index (κ3) is 3.18. The van der Waals surface area contributed by atoms with Crippen LogP contribution in [0.15, 0.2) is 21.5 Å². The minimum atomic E-state index is -0.227. The largest absolute Gasteiger partial charge is 0.345 e. The minimum Gasteiger partial charge on any atom is -0.345 e. The highest BCUT2D eigenvalue weighted by atomic mass is 16.5. The van der Waals surface area contributed by atoms with Crippen LogP contribution in [0, 0.1) is 5.92 Å². The molecule has 1 fully saturated rings. The maximum atomic E-state index is 12.2. The van der Waals surface area contributed by atoms with E-state index in [1.165, 1.54) is 0 Å². The van der Waals surface area contributed by atoms with Gasteiger partial charge in [0.05, 0.1) is 11.5 Å². The van der Waals surface area contributed by atoms with Crippen LogP contribution in [0.25, 0.3) is 11.4 Å². The Morgan fingerprint density at radius 1 is 1.39 bits per heavy atom. The van der Waals surface area contributed by atoms with Crippen LogP contribution in [0.3, 0.4) is 0 Å². The molecular weight excluding hydrogens is 296 g/mol. The Kier molecular flexibility index (Phi) is 4.02. The van der Waals surface area contributed by atoms with E-state index in [9.17, 15) is 9.59 Å². The van der Waals surface area contributed by atoms with Gasteiger partial charge < -0.3 is 14.4 Å². The monoisotopic (exact) mass is 316 g/mol. The van der Waals surface area contributed by atoms with E-state index >= 15 is 0 Å². The van der Waals surface area contributed by atoms with E-state index in [0.29, 0.717) is 30.3 Å². The maximum Gasteiger partial charge on any atom is 0.259 e. The molecule has 1 atom stereocenters. The van der Waals surface area contributed by atoms with Crippen molar-refractivity contribution in [2.75, 3.05) is 13.6 Å². The van der Waals surface area contributed by atoms with Crippen LogP contribution in [0.5, 0.6) is 0 Å². The van der Waals surface area contributed by atoms with Crippen LogP contribution in [-0.2, 0) is 11.2 Å². The molecule has 1 aliphatic heterocycles. The zero-order valence-corrected chi connectivity index (χ0v) is 13.5. The van der Waals surface area contributed by atoms with E-state index in [2.05, 4.69) is 29.0 Å². The van der Waals surface area contributed by atoms with Crippen molar-refractivity contribution in [3.8, 4) is 11.4 Å². The topological polar surface area (TPSA) is 92.1 Å². The average molecular weight is 316 g/mol. The number of likely N-dealkylation sites (tertiary alicyclic amines) is 1. The van der Waals surface area contributed by atoms with E-state index < -0.39 is 0 Å². The summed E-state index contributed by atoms with van der Waals surface area (Å²) in [7, 11) is 1.75. The fourth-order valence-electron chi connectivity index (χ4n) is 2.79. The number of likely N-dealkylation sites (N-methyl/N-ethyl adjacent to an activating group) is 1. The first-order valence-corrected chi connectivity index (χ1v) is 7.74. The molecule has 122 valence electrons. The lowest BCUT2D eigenvalue weighted by Crippen LogP contribution is -2.18. The van der Waals surface area contributed by atoms with Crippen LogP contribution < -0.4 is 5.56 Å². The van der Waals surface area contributed by atoms with Crippen molar-refractivity contribution in [2.24, 2.45) is 5.92 Å². The highest BCUT2D eigenvalue weighted by Gasteiger charge is 2.32. The molecular formula is C16H20N4O3. The first kappa shape index (κ1) is 15.5. The lowest BCUT2D eigenvalue weighted by molar-refractivity contribution is -0.126. The van der Waals surface area contributed by atoms with Crippen LogP contribution in [0.1, 0.15) is 37.8 Å². The molecule has 1 N–H and O–H groups in total. The Hall–Kier alpha value is -2.44. The first-order valence-electron chi connectivity index (χ1n) is 7.74. The molecule has 1 saturated heterocycles. The molecule has 7 nitrogen and oxygen atoms in total. The second kappa shape index (κ2) is 5.98. The number of H-pyrrole nitrogens is 1. The van der Waals surface area contributed by atoms with Crippen LogP contribution in [0.2, 0.25) is 0 Å². The van der Waals surface area contributed by atoms with E-state index in [4.69, 9.17) is 4.52 Å². The quantitative estimate of drug-likeness (QED) is 0.924. The molecule has 1 amide bonds. The molecule has 23 heavy (non-hydrogen) atoms. The van der Waals surface area contributed by atoms with Gasteiger partial charge in [-0.15, -0.1) is 0 Å². The number of rotatable bonds is 4. The molecule has 0 saturated carbocycles. The molecule has 0 bridgehead atoms. The van der Waals surface area contributed by atoms with Gasteiger partial charge in [-0.2, -0.15) is 4.98 Å². The number of carbonyl (C=O) groups excluding carboxylic acids is 1. The summed E-state index contributed by atoms with van der Waals surface area (Å²) in [5.41, 5.74) is 1.04. The molecule has 7 heteroatoms. The van der Waals surface area contributed by atoms with Gasteiger partial charge >= 0.3 is 0 Å². The maximum absolute atomic E-state index is 12.2. The van der Waals surface area contributed by atoms with Gasteiger partial charge in [0, 0.05) is 25.7 Å². The molecule has 0 spiro atoms. The average Bonchev–Trinajstić information content (AvgIpc) is 3.06. The Bertz CT molecular complexity index is 778. The summed E-state index contributed by atoms with van der Waals surface area (Å²) in [4.78, 5) is 32.6. The Labute approximate surface area is 133 Å². The van der Waals surface area contributed by atoms with Gasteiger partial charge in [0.2, 0.25) is 17.6 Å². The van der Waals surface area contributed by atoms with Crippen molar-refractivity contribution < 1.29 is 9.32 Å². The van der Waals surface area contributed by atoms with Crippen molar-refractivity contribution in [3.63, 3.8) is 0 Å². The fourth-order valence-corrected chi connectivity index (χ4v) is 2.79. The standard InChI is InChI=1S/C16H20N4O3/c1-9(2)6-11-4-5-12(15(22)17-11)14-18-16(23-19-14)10-7-13(21)20(3)8-10/h4-5,9-10H,6-8H2,1-3H3,(H,17,22). The SMILES string of the molecule is CC(C)Cc1ccc(-c2noc(C3CC(=O)N(C)C3)n2)c(=O)[nH]1. The molecule has 1 aliphatic rings. The number of carbonyl (C=O) groups is 1. The third-order valence-corrected chi connectivity index (χ3v) is 3.97. The summed E-state index contributed by atoms with van der Waals surface area (Å²) < 4.78 is 5.26. The summed E-state index contributed by atoms with van der Waals surface area (Å²) >= 11 is 0. The van der Waals surface area contributed by atoms with E-state index in [0.717, 1.165) is 12.1 Å². The second-order valence-electron chi connectivity index (χ2n) is 6.46. The zero-order chi connectivity index (χ0) is 16.6. The highest BCUT2D eigenvalue weighted by Crippen LogP contribution is 2.27. The molecule has 2 aromatic rings. The third-order valence-electron chi connectivity index (χ3n) is 3.97. The number of hydrogen-bond acceptors (Lipinski definition) is 5. The Morgan fingerprint density at radius 3 is 2.78 bits per heavy atom. The highest BCUT2D eigenvalue weighted by molar-refractivity contribution is 5.79. The molecule has 0 radical (unpaired) electrons. The smallest absolute Gasteiger partial charge is 0.259 e. The summed E-state index contributed by atoms with van der Waals surface area (Å²) in [6, 6.07) is 3.59. The number of hydrogen-bond donors (Lipinski definition) is 1. The van der Waals surface area contributed by atoms with Gasteiger partial charge in [-0.3, -0.25) is 9.59 Å². The molecule has 2 aromatic heterocycles. The van der Waals surface area contributed by atoms with E-state index in [-0.39, 0.29) is 23.2 Å². The molecule has 0 aromatic carbocycles. The van der Waals surface area contributed by atoms with Crippen molar-refractivity contribution in [2.45, 2.75) is 32.6 Å². The van der Waals surface area contributed by atoms with Gasteiger partial charge in [0.15, 0.2) is 0 Å². The number of aromatic nitrogens is 3. The van der Waals surface area contributed by atoms with Crippen molar-refractivity contribution in [3.05, 3.63) is 34.1 Å². The fraction of sp³-hybridized carbons (Fsp3) is 0.500. The normalized spacial score (nSPS) is 18.2. The predicted octanol–water partition coefficient (Wildman–Crippen LogP) is 1.57. The number of nitrogens with zero attached hydrogens (tertiary/aromatic N) is 3. The van der Waals surface area contributed by atoms with Crippen LogP contribution in [-0.4, -0.2) is 39.5 Å². The van der Waals surface area contributed by atoms with Crippen molar-refractivity contribution in [1.29, 1.82) is 0 Å². The lowest BCUT2D eigenvalue weighted by atomic mass is 10.1. The molecule has 0 aliphatic carbocycles. The van der Waals surface area contributed by atoms with Crippen molar-refractivity contribution >= 4 is 5.91 Å². The van der Waals surface area contributed by atoms with E-state index in [1.807, 2.05) is 6.07 Å². The van der Waals surface area contributed by atoms with E-state index in [1.54, 1.807) is 18.0 Å². The lowest BCUT2D eigenvalue weighted by Gasteiger charge is -2.06. The predicted molar refractivity (Wildman–Crippen MR) is 83.9 cm³/mol. The summed E-state index contributed by atoms with van der Waals surface area (Å²) in [5, 5.41) is 3.90. The molecule has 3 heterocycles. The van der Waals surface area contributed by atoms with Gasteiger partial charge in [0.25, 0.3) is 5.56 Å². The first-order chi connectivity index (χ1) is 10.9.